The van der Waals surface area contributed by atoms with Crippen LogP contribution in [0.25, 0.3) is 0 Å². The molecular weight excluding hydrogens is 368 g/mol. The number of rotatable bonds is 25. The maximum atomic E-state index is 10.1. The van der Waals surface area contributed by atoms with Crippen LogP contribution in [-0.2, 0) is 0 Å². The zero-order valence-electron chi connectivity index (χ0n) is 21.0. The van der Waals surface area contributed by atoms with E-state index in [4.69, 9.17) is 0 Å². The van der Waals surface area contributed by atoms with Gasteiger partial charge in [-0.2, -0.15) is 0 Å². The SMILES string of the molecule is CCCCCCCCCCCCCCCCCCC[C@@H](O)C[C@@H](O)CCCCCC. The van der Waals surface area contributed by atoms with Crippen molar-refractivity contribution in [1.82, 2.24) is 0 Å². The topological polar surface area (TPSA) is 40.5 Å². The Labute approximate surface area is 190 Å². The molecule has 0 unspecified atom stereocenters. The third-order valence-corrected chi connectivity index (χ3v) is 6.58. The molecule has 2 N–H and O–H groups in total. The van der Waals surface area contributed by atoms with Crippen molar-refractivity contribution < 1.29 is 10.2 Å². The molecule has 0 heterocycles. The molecule has 0 saturated carbocycles. The predicted molar refractivity (Wildman–Crippen MR) is 134 cm³/mol. The summed E-state index contributed by atoms with van der Waals surface area (Å²) in [5.74, 6) is 0. The van der Waals surface area contributed by atoms with Crippen molar-refractivity contribution >= 4 is 0 Å². The zero-order valence-corrected chi connectivity index (χ0v) is 21.0. The van der Waals surface area contributed by atoms with E-state index in [1.807, 2.05) is 0 Å². The highest BCUT2D eigenvalue weighted by molar-refractivity contribution is 4.64. The van der Waals surface area contributed by atoms with E-state index in [0.29, 0.717) is 6.42 Å². The molecule has 2 heteroatoms. The van der Waals surface area contributed by atoms with Crippen molar-refractivity contribution in [3.63, 3.8) is 0 Å². The second-order valence-electron chi connectivity index (χ2n) is 9.84. The fourth-order valence-corrected chi connectivity index (χ4v) is 4.46. The van der Waals surface area contributed by atoms with Gasteiger partial charge >= 0.3 is 0 Å². The quantitative estimate of drug-likeness (QED) is 0.143. The minimum Gasteiger partial charge on any atom is -0.393 e. The Morgan fingerprint density at radius 1 is 0.367 bits per heavy atom. The van der Waals surface area contributed by atoms with Crippen LogP contribution in [-0.4, -0.2) is 22.4 Å². The van der Waals surface area contributed by atoms with Gasteiger partial charge in [0.1, 0.15) is 0 Å². The maximum absolute atomic E-state index is 10.1. The highest BCUT2D eigenvalue weighted by Gasteiger charge is 2.11. The third-order valence-electron chi connectivity index (χ3n) is 6.58. The van der Waals surface area contributed by atoms with Gasteiger partial charge < -0.3 is 10.2 Å². The summed E-state index contributed by atoms with van der Waals surface area (Å²) in [7, 11) is 0. The van der Waals surface area contributed by atoms with Gasteiger partial charge in [0.2, 0.25) is 0 Å². The third kappa shape index (κ3) is 24.2. The highest BCUT2D eigenvalue weighted by atomic mass is 16.3. The molecule has 0 aromatic carbocycles. The van der Waals surface area contributed by atoms with E-state index in [1.165, 1.54) is 122 Å². The molecule has 0 aliphatic heterocycles. The molecule has 0 spiro atoms. The van der Waals surface area contributed by atoms with E-state index in [1.54, 1.807) is 0 Å². The Morgan fingerprint density at radius 2 is 0.600 bits per heavy atom. The number of aliphatic hydroxyl groups excluding tert-OH is 2. The molecule has 0 bridgehead atoms. The van der Waals surface area contributed by atoms with Crippen LogP contribution in [0.4, 0.5) is 0 Å². The molecule has 182 valence electrons. The van der Waals surface area contributed by atoms with Gasteiger partial charge in [0.25, 0.3) is 0 Å². The second kappa shape index (κ2) is 25.2. The fourth-order valence-electron chi connectivity index (χ4n) is 4.46. The first-order valence-corrected chi connectivity index (χ1v) is 14.1. The van der Waals surface area contributed by atoms with E-state index in [9.17, 15) is 10.2 Å². The Bertz CT molecular complexity index is 305. The van der Waals surface area contributed by atoms with E-state index in [0.717, 1.165) is 25.7 Å². The molecule has 0 rings (SSSR count). The average molecular weight is 427 g/mol. The molecule has 0 aliphatic carbocycles. The Hall–Kier alpha value is -0.0800. The molecule has 0 aromatic heterocycles. The van der Waals surface area contributed by atoms with Crippen LogP contribution < -0.4 is 0 Å². The van der Waals surface area contributed by atoms with Crippen LogP contribution in [0.3, 0.4) is 0 Å². The first-order valence-electron chi connectivity index (χ1n) is 14.1. The summed E-state index contributed by atoms with van der Waals surface area (Å²) in [4.78, 5) is 0. The molecule has 0 aliphatic rings. The molecular formula is C28H58O2. The van der Waals surface area contributed by atoms with Crippen LogP contribution in [0.1, 0.15) is 168 Å². The van der Waals surface area contributed by atoms with Gasteiger partial charge in [-0.05, 0) is 19.3 Å². The van der Waals surface area contributed by atoms with E-state index >= 15 is 0 Å². The number of aliphatic hydroxyl groups is 2. The van der Waals surface area contributed by atoms with Gasteiger partial charge in [-0.1, -0.05) is 149 Å². The number of unbranched alkanes of at least 4 members (excludes halogenated alkanes) is 19. The molecule has 2 atom stereocenters. The normalized spacial score (nSPS) is 13.6. The monoisotopic (exact) mass is 426 g/mol. The lowest BCUT2D eigenvalue weighted by molar-refractivity contribution is 0.0680. The minimum absolute atomic E-state index is 0.303. The summed E-state index contributed by atoms with van der Waals surface area (Å²) >= 11 is 0. The van der Waals surface area contributed by atoms with Crippen LogP contribution in [0, 0.1) is 0 Å². The van der Waals surface area contributed by atoms with Crippen molar-refractivity contribution in [3.05, 3.63) is 0 Å². The molecule has 30 heavy (non-hydrogen) atoms. The maximum Gasteiger partial charge on any atom is 0.0564 e. The lowest BCUT2D eigenvalue weighted by Crippen LogP contribution is -2.17. The van der Waals surface area contributed by atoms with Gasteiger partial charge in [0.15, 0.2) is 0 Å². The van der Waals surface area contributed by atoms with Crippen molar-refractivity contribution in [1.29, 1.82) is 0 Å². The van der Waals surface area contributed by atoms with Crippen LogP contribution in [0.15, 0.2) is 0 Å². The number of hydrogen-bond donors (Lipinski definition) is 2. The van der Waals surface area contributed by atoms with Crippen molar-refractivity contribution in [2.75, 3.05) is 0 Å². The zero-order chi connectivity index (χ0) is 22.1. The van der Waals surface area contributed by atoms with Gasteiger partial charge in [0.05, 0.1) is 12.2 Å². The van der Waals surface area contributed by atoms with E-state index < -0.39 is 0 Å². The predicted octanol–water partition coefficient (Wildman–Crippen LogP) is 9.11. The lowest BCUT2D eigenvalue weighted by Gasteiger charge is -2.15. The van der Waals surface area contributed by atoms with E-state index in [2.05, 4.69) is 13.8 Å². The lowest BCUT2D eigenvalue weighted by atomic mass is 10.00. The van der Waals surface area contributed by atoms with Crippen LogP contribution >= 0.6 is 0 Å². The minimum atomic E-state index is -0.303. The Kier molecular flexibility index (Phi) is 25.1. The first-order chi connectivity index (χ1) is 14.7. The summed E-state index contributed by atoms with van der Waals surface area (Å²) < 4.78 is 0. The van der Waals surface area contributed by atoms with Crippen molar-refractivity contribution in [2.24, 2.45) is 0 Å². The largest absolute Gasteiger partial charge is 0.393 e. The molecule has 0 amide bonds. The second-order valence-corrected chi connectivity index (χ2v) is 9.84. The molecule has 0 saturated heterocycles. The van der Waals surface area contributed by atoms with Gasteiger partial charge in [-0.25, -0.2) is 0 Å². The highest BCUT2D eigenvalue weighted by Crippen LogP contribution is 2.16. The van der Waals surface area contributed by atoms with Gasteiger partial charge in [-0.3, -0.25) is 0 Å². The summed E-state index contributed by atoms with van der Waals surface area (Å²) in [6.07, 6.45) is 30.1. The van der Waals surface area contributed by atoms with Crippen LogP contribution in [0.2, 0.25) is 0 Å². The number of hydrogen-bond acceptors (Lipinski definition) is 2. The standard InChI is InChI=1S/C28H58O2/c1-3-5-7-9-10-11-12-13-14-15-16-17-18-19-20-21-23-25-28(30)26-27(29)24-22-8-6-4-2/h27-30H,3-26H2,1-2H3/t27-,28+/m0/s1. The Morgan fingerprint density at radius 3 is 0.900 bits per heavy atom. The molecule has 0 aromatic rings. The van der Waals surface area contributed by atoms with Crippen molar-refractivity contribution in [2.45, 2.75) is 180 Å². The fraction of sp³-hybridized carbons (Fsp3) is 1.00. The smallest absolute Gasteiger partial charge is 0.0564 e. The van der Waals surface area contributed by atoms with Crippen LogP contribution in [0.5, 0.6) is 0 Å². The summed E-state index contributed by atoms with van der Waals surface area (Å²) in [6.45, 7) is 4.50. The average Bonchev–Trinajstić information content (AvgIpc) is 2.73. The molecule has 0 fully saturated rings. The van der Waals surface area contributed by atoms with Crippen molar-refractivity contribution in [3.8, 4) is 0 Å². The molecule has 0 radical (unpaired) electrons. The summed E-state index contributed by atoms with van der Waals surface area (Å²) in [5, 5.41) is 20.1. The first kappa shape index (κ1) is 29.9. The summed E-state index contributed by atoms with van der Waals surface area (Å²) in [5.41, 5.74) is 0. The summed E-state index contributed by atoms with van der Waals surface area (Å²) in [6, 6.07) is 0. The Balaban J connectivity index is 3.20. The van der Waals surface area contributed by atoms with Gasteiger partial charge in [-0.15, -0.1) is 0 Å². The molecule has 2 nitrogen and oxygen atoms in total. The van der Waals surface area contributed by atoms with E-state index in [-0.39, 0.29) is 12.2 Å². The van der Waals surface area contributed by atoms with Gasteiger partial charge in [0, 0.05) is 0 Å².